The number of ketones is 1. The number of carbonyl (C=O) groups is 2. The first-order chi connectivity index (χ1) is 17.1. The second-order valence-electron chi connectivity index (χ2n) is 8.50. The summed E-state index contributed by atoms with van der Waals surface area (Å²) in [5.41, 5.74) is 2.42. The minimum Gasteiger partial charge on any atom is -0.494 e. The predicted molar refractivity (Wildman–Crippen MR) is 142 cm³/mol. The lowest BCUT2D eigenvalue weighted by Gasteiger charge is -2.09. The van der Waals surface area contributed by atoms with Crippen LogP contribution in [0.4, 0.5) is 5.69 Å². The zero-order valence-corrected chi connectivity index (χ0v) is 20.5. The topological polar surface area (TPSA) is 71.2 Å². The number of benzene rings is 3. The van der Waals surface area contributed by atoms with Gasteiger partial charge in [0.15, 0.2) is 0 Å². The molecule has 0 spiro atoms. The maximum absolute atomic E-state index is 13.2. The number of nitrogens with one attached hydrogen (secondary N) is 2. The van der Waals surface area contributed by atoms with Gasteiger partial charge < -0.3 is 15.0 Å². The molecule has 0 aliphatic heterocycles. The van der Waals surface area contributed by atoms with E-state index in [1.54, 1.807) is 66.7 Å². The normalized spacial score (nSPS) is 10.9. The summed E-state index contributed by atoms with van der Waals surface area (Å²) < 4.78 is 5.80. The van der Waals surface area contributed by atoms with E-state index in [1.165, 1.54) is 19.3 Å². The van der Waals surface area contributed by atoms with Crippen LogP contribution in [0.3, 0.4) is 0 Å². The maximum atomic E-state index is 13.2. The number of halogens is 1. The third-order valence-corrected chi connectivity index (χ3v) is 6.13. The third-order valence-electron chi connectivity index (χ3n) is 5.90. The molecular weight excluding hydrogens is 460 g/mol. The van der Waals surface area contributed by atoms with Crippen LogP contribution in [0.1, 0.15) is 65.4 Å². The number of fused-ring (bicyclic) bond motifs is 1. The summed E-state index contributed by atoms with van der Waals surface area (Å²) in [7, 11) is 0. The zero-order chi connectivity index (χ0) is 24.6. The molecule has 1 amide bonds. The zero-order valence-electron chi connectivity index (χ0n) is 19.8. The van der Waals surface area contributed by atoms with E-state index in [0.29, 0.717) is 45.0 Å². The van der Waals surface area contributed by atoms with Crippen LogP contribution >= 0.6 is 11.6 Å². The molecule has 0 saturated heterocycles. The molecule has 1 heterocycles. The summed E-state index contributed by atoms with van der Waals surface area (Å²) in [5.74, 6) is 0.212. The van der Waals surface area contributed by atoms with Crippen molar-refractivity contribution in [2.45, 2.75) is 39.0 Å². The molecule has 0 atom stereocenters. The number of unbranched alkanes of at least 4 members (excludes halogenated alkanes) is 4. The van der Waals surface area contributed by atoms with E-state index in [0.717, 1.165) is 18.6 Å². The van der Waals surface area contributed by atoms with Crippen LogP contribution in [0.5, 0.6) is 5.75 Å². The molecule has 1 aromatic heterocycles. The summed E-state index contributed by atoms with van der Waals surface area (Å²) >= 11 is 6.16. The van der Waals surface area contributed by atoms with Gasteiger partial charge in [0, 0.05) is 27.1 Å². The Balaban J connectivity index is 1.51. The molecule has 0 aliphatic rings. The number of carbonyl (C=O) groups excluding carboxylic acids is 2. The lowest BCUT2D eigenvalue weighted by Crippen LogP contribution is -2.14. The molecule has 3 aromatic carbocycles. The van der Waals surface area contributed by atoms with Crippen LogP contribution in [-0.2, 0) is 0 Å². The van der Waals surface area contributed by atoms with E-state index < -0.39 is 0 Å². The maximum Gasteiger partial charge on any atom is 0.255 e. The van der Waals surface area contributed by atoms with Gasteiger partial charge >= 0.3 is 0 Å². The molecule has 0 bridgehead atoms. The number of rotatable bonds is 11. The highest BCUT2D eigenvalue weighted by atomic mass is 35.5. The first-order valence-corrected chi connectivity index (χ1v) is 12.4. The average molecular weight is 489 g/mol. The molecule has 4 aromatic rings. The number of amides is 1. The van der Waals surface area contributed by atoms with Gasteiger partial charge in [0.25, 0.3) is 5.91 Å². The summed E-state index contributed by atoms with van der Waals surface area (Å²) in [5, 5.41) is 4.19. The van der Waals surface area contributed by atoms with Crippen LogP contribution in [-0.4, -0.2) is 23.3 Å². The highest BCUT2D eigenvalue weighted by molar-refractivity contribution is 6.31. The number of hydrogen-bond donors (Lipinski definition) is 2. The van der Waals surface area contributed by atoms with Gasteiger partial charge in [0.2, 0.25) is 5.78 Å². The van der Waals surface area contributed by atoms with Gasteiger partial charge in [-0.2, -0.15) is 0 Å². The monoisotopic (exact) mass is 488 g/mol. The van der Waals surface area contributed by atoms with E-state index in [-0.39, 0.29) is 11.7 Å². The van der Waals surface area contributed by atoms with Crippen LogP contribution in [0.2, 0.25) is 5.02 Å². The molecule has 0 fully saturated rings. The van der Waals surface area contributed by atoms with Crippen LogP contribution < -0.4 is 10.1 Å². The fraction of sp³-hybridized carbons (Fsp3) is 0.241. The molecule has 35 heavy (non-hydrogen) atoms. The molecule has 0 unspecified atom stereocenters. The van der Waals surface area contributed by atoms with Crippen LogP contribution in [0.25, 0.3) is 10.9 Å². The number of aromatic amines is 1. The smallest absolute Gasteiger partial charge is 0.255 e. The van der Waals surface area contributed by atoms with E-state index >= 15 is 0 Å². The molecule has 180 valence electrons. The first kappa shape index (κ1) is 24.6. The Morgan fingerprint density at radius 1 is 0.886 bits per heavy atom. The lowest BCUT2D eigenvalue weighted by atomic mass is 10.1. The van der Waals surface area contributed by atoms with Crippen molar-refractivity contribution in [1.82, 2.24) is 4.98 Å². The van der Waals surface area contributed by atoms with Crippen LogP contribution in [0, 0.1) is 0 Å². The molecule has 0 aliphatic carbocycles. The standard InChI is InChI=1S/C29H29ClN2O3/c1-2-3-4-5-9-18-35-23-15-12-21(13-16-23)29(34)32-26-24-17-14-22(30)19-25(24)31-27(26)28(33)20-10-7-6-8-11-20/h6-8,10-17,19,31H,2-5,9,18H2,1H3,(H,32,34). The van der Waals surface area contributed by atoms with E-state index in [4.69, 9.17) is 16.3 Å². The molecule has 5 nitrogen and oxygen atoms in total. The molecule has 4 rings (SSSR count). The number of hydrogen-bond acceptors (Lipinski definition) is 3. The Hall–Kier alpha value is -3.57. The van der Waals surface area contributed by atoms with Gasteiger partial charge in [0.1, 0.15) is 11.4 Å². The predicted octanol–water partition coefficient (Wildman–Crippen LogP) is 7.65. The number of H-pyrrole nitrogens is 1. The highest BCUT2D eigenvalue weighted by Gasteiger charge is 2.21. The SMILES string of the molecule is CCCCCCCOc1ccc(C(=O)Nc2c(C(=O)c3ccccc3)[nH]c3cc(Cl)ccc23)cc1. The second-order valence-corrected chi connectivity index (χ2v) is 8.94. The van der Waals surface area contributed by atoms with Gasteiger partial charge in [-0.15, -0.1) is 0 Å². The van der Waals surface area contributed by atoms with Crippen molar-refractivity contribution < 1.29 is 14.3 Å². The van der Waals surface area contributed by atoms with Crippen molar-refractivity contribution in [3.63, 3.8) is 0 Å². The minimum absolute atomic E-state index is 0.212. The van der Waals surface area contributed by atoms with Crippen molar-refractivity contribution in [2.75, 3.05) is 11.9 Å². The molecule has 0 radical (unpaired) electrons. The fourth-order valence-corrected chi connectivity index (χ4v) is 4.16. The summed E-state index contributed by atoms with van der Waals surface area (Å²) in [4.78, 5) is 29.5. The van der Waals surface area contributed by atoms with E-state index in [2.05, 4.69) is 17.2 Å². The Bertz CT molecular complexity index is 1300. The minimum atomic E-state index is -0.311. The largest absolute Gasteiger partial charge is 0.494 e. The second kappa shape index (κ2) is 11.7. The van der Waals surface area contributed by atoms with Gasteiger partial charge in [-0.1, -0.05) is 74.5 Å². The number of aromatic nitrogens is 1. The average Bonchev–Trinajstić information content (AvgIpc) is 3.23. The summed E-state index contributed by atoms with van der Waals surface area (Å²) in [6, 6.07) is 21.3. The Morgan fingerprint density at radius 3 is 2.37 bits per heavy atom. The van der Waals surface area contributed by atoms with E-state index in [9.17, 15) is 9.59 Å². The summed E-state index contributed by atoms with van der Waals surface area (Å²) in [6.07, 6.45) is 5.89. The van der Waals surface area contributed by atoms with Gasteiger partial charge in [-0.3, -0.25) is 9.59 Å². The van der Waals surface area contributed by atoms with Crippen molar-refractivity contribution in [3.8, 4) is 5.75 Å². The van der Waals surface area contributed by atoms with Crippen molar-refractivity contribution in [1.29, 1.82) is 0 Å². The Labute approximate surface area is 210 Å². The quantitative estimate of drug-likeness (QED) is 0.168. The Kier molecular flexibility index (Phi) is 8.22. The van der Waals surface area contributed by atoms with Crippen molar-refractivity contribution in [3.05, 3.63) is 94.6 Å². The van der Waals surface area contributed by atoms with Crippen molar-refractivity contribution in [2.24, 2.45) is 0 Å². The fourth-order valence-electron chi connectivity index (χ4n) is 3.99. The number of anilines is 1. The third kappa shape index (κ3) is 6.11. The number of ether oxygens (including phenoxy) is 1. The van der Waals surface area contributed by atoms with Crippen molar-refractivity contribution >= 4 is 39.9 Å². The summed E-state index contributed by atoms with van der Waals surface area (Å²) in [6.45, 7) is 2.86. The first-order valence-electron chi connectivity index (χ1n) is 12.0. The van der Waals surface area contributed by atoms with Gasteiger partial charge in [-0.25, -0.2) is 0 Å². The Morgan fingerprint density at radius 2 is 1.63 bits per heavy atom. The van der Waals surface area contributed by atoms with Gasteiger partial charge in [-0.05, 0) is 48.9 Å². The van der Waals surface area contributed by atoms with Gasteiger partial charge in [0.05, 0.1) is 12.3 Å². The molecule has 0 saturated carbocycles. The lowest BCUT2D eigenvalue weighted by molar-refractivity contribution is 0.102. The molecule has 6 heteroatoms. The molecular formula is C29H29ClN2O3. The molecule has 2 N–H and O–H groups in total. The van der Waals surface area contributed by atoms with E-state index in [1.807, 2.05) is 6.07 Å². The van der Waals surface area contributed by atoms with Crippen LogP contribution in [0.15, 0.2) is 72.8 Å². The highest BCUT2D eigenvalue weighted by Crippen LogP contribution is 2.32.